The third kappa shape index (κ3) is 5.32. The summed E-state index contributed by atoms with van der Waals surface area (Å²) in [6, 6.07) is 8.53. The summed E-state index contributed by atoms with van der Waals surface area (Å²) in [5.74, 6) is 1.18. The summed E-state index contributed by atoms with van der Waals surface area (Å²) >= 11 is 1.68. The molecule has 1 aromatic heterocycles. The van der Waals surface area contributed by atoms with Gasteiger partial charge in [-0.15, -0.1) is 0 Å². The summed E-state index contributed by atoms with van der Waals surface area (Å²) in [6.07, 6.45) is 5.68. The van der Waals surface area contributed by atoms with Crippen molar-refractivity contribution in [1.29, 1.82) is 0 Å². The Balaban J connectivity index is 1.31. The molecule has 2 fully saturated rings. The number of nitrogens with zero attached hydrogens (tertiary/aromatic N) is 3. The number of amides is 1. The molecule has 2 aliphatic heterocycles. The Bertz CT molecular complexity index is 877. The molecule has 0 radical (unpaired) electrons. The molecule has 3 heterocycles. The Hall–Kier alpha value is -2.12. The normalized spacial score (nSPS) is 19.8. The summed E-state index contributed by atoms with van der Waals surface area (Å²) in [4.78, 5) is 24.9. The third-order valence-electron chi connectivity index (χ3n) is 5.90. The topological polar surface area (TPSA) is 67.4 Å². The minimum absolute atomic E-state index is 0.0771. The molecule has 30 heavy (non-hydrogen) atoms. The van der Waals surface area contributed by atoms with E-state index in [4.69, 9.17) is 4.74 Å². The van der Waals surface area contributed by atoms with Crippen LogP contribution in [0.4, 0.5) is 5.82 Å². The zero-order chi connectivity index (χ0) is 20.9. The van der Waals surface area contributed by atoms with E-state index in [-0.39, 0.29) is 17.9 Å². The zero-order valence-electron chi connectivity index (χ0n) is 17.8. The highest BCUT2D eigenvalue weighted by molar-refractivity contribution is 7.99. The van der Waals surface area contributed by atoms with Crippen LogP contribution in [0.5, 0.6) is 0 Å². The molecule has 4 rings (SSSR count). The molecule has 2 saturated heterocycles. The average Bonchev–Trinajstić information content (AvgIpc) is 3.29. The molecule has 2 aromatic rings. The number of benzene rings is 1. The minimum Gasteiger partial charge on any atom is -0.376 e. The highest BCUT2D eigenvalue weighted by Crippen LogP contribution is 2.31. The molecule has 0 bridgehead atoms. The van der Waals surface area contributed by atoms with Gasteiger partial charge in [-0.25, -0.2) is 9.97 Å². The van der Waals surface area contributed by atoms with Crippen LogP contribution >= 0.6 is 11.8 Å². The van der Waals surface area contributed by atoms with E-state index in [0.29, 0.717) is 6.54 Å². The highest BCUT2D eigenvalue weighted by Gasteiger charge is 2.26. The van der Waals surface area contributed by atoms with E-state index in [0.717, 1.165) is 56.2 Å². The second kappa shape index (κ2) is 9.79. The van der Waals surface area contributed by atoms with Crippen molar-refractivity contribution in [3.8, 4) is 0 Å². The van der Waals surface area contributed by atoms with Crippen LogP contribution in [0, 0.1) is 19.8 Å². The van der Waals surface area contributed by atoms with Crippen LogP contribution in [0.15, 0.2) is 40.5 Å². The molecule has 1 amide bonds. The zero-order valence-corrected chi connectivity index (χ0v) is 18.6. The average molecular weight is 427 g/mol. The molecule has 1 N–H and O–H groups in total. The number of aromatic nitrogens is 2. The maximum absolute atomic E-state index is 12.5. The second-order valence-electron chi connectivity index (χ2n) is 8.23. The fourth-order valence-electron chi connectivity index (χ4n) is 4.02. The van der Waals surface area contributed by atoms with Gasteiger partial charge in [0.25, 0.3) is 0 Å². The quantitative estimate of drug-likeness (QED) is 0.710. The number of anilines is 1. The van der Waals surface area contributed by atoms with Gasteiger partial charge in [-0.3, -0.25) is 4.79 Å². The standard InChI is InChI=1S/C23H30N4O2S/c1-16-5-6-17(2)20(12-16)30-22-13-21(25-15-26-22)27-9-7-18(8-10-27)23(28)24-14-19-4-3-11-29-19/h5-6,12-13,15,18-19H,3-4,7-11,14H2,1-2H3,(H,24,28)/t19-/m1/s1. The Morgan fingerprint density at radius 1 is 1.20 bits per heavy atom. The molecule has 0 spiro atoms. The van der Waals surface area contributed by atoms with Crippen LogP contribution in [0.2, 0.25) is 0 Å². The van der Waals surface area contributed by atoms with Crippen LogP contribution < -0.4 is 10.2 Å². The Kier molecular flexibility index (Phi) is 6.89. The Morgan fingerprint density at radius 3 is 2.80 bits per heavy atom. The Morgan fingerprint density at radius 2 is 2.03 bits per heavy atom. The number of hydrogen-bond acceptors (Lipinski definition) is 6. The van der Waals surface area contributed by atoms with E-state index in [1.807, 2.05) is 0 Å². The van der Waals surface area contributed by atoms with E-state index in [2.05, 4.69) is 58.3 Å². The fraction of sp³-hybridized carbons (Fsp3) is 0.522. The summed E-state index contributed by atoms with van der Waals surface area (Å²) < 4.78 is 5.59. The van der Waals surface area contributed by atoms with Gasteiger partial charge in [0.05, 0.1) is 6.10 Å². The smallest absolute Gasteiger partial charge is 0.223 e. The van der Waals surface area contributed by atoms with Crippen LogP contribution in [0.1, 0.15) is 36.8 Å². The van der Waals surface area contributed by atoms with Crippen molar-refractivity contribution in [2.75, 3.05) is 31.1 Å². The molecule has 2 aliphatic rings. The van der Waals surface area contributed by atoms with Gasteiger partial charge in [-0.05, 0) is 56.7 Å². The molecule has 7 heteroatoms. The lowest BCUT2D eigenvalue weighted by Gasteiger charge is -2.32. The maximum Gasteiger partial charge on any atom is 0.223 e. The second-order valence-corrected chi connectivity index (χ2v) is 9.29. The van der Waals surface area contributed by atoms with Crippen molar-refractivity contribution in [2.45, 2.75) is 55.6 Å². The van der Waals surface area contributed by atoms with Crippen molar-refractivity contribution in [2.24, 2.45) is 5.92 Å². The van der Waals surface area contributed by atoms with Crippen LogP contribution in [0.3, 0.4) is 0 Å². The van der Waals surface area contributed by atoms with Gasteiger partial charge < -0.3 is 15.0 Å². The lowest BCUT2D eigenvalue weighted by Crippen LogP contribution is -2.42. The minimum atomic E-state index is 0.0771. The van der Waals surface area contributed by atoms with E-state index in [1.165, 1.54) is 16.0 Å². The summed E-state index contributed by atoms with van der Waals surface area (Å²) in [5, 5.41) is 4.03. The van der Waals surface area contributed by atoms with Gasteiger partial charge >= 0.3 is 0 Å². The number of ether oxygens (including phenoxy) is 1. The maximum atomic E-state index is 12.5. The first kappa shape index (κ1) is 21.1. The molecule has 0 unspecified atom stereocenters. The lowest BCUT2D eigenvalue weighted by molar-refractivity contribution is -0.126. The molecular weight excluding hydrogens is 396 g/mol. The first-order valence-corrected chi connectivity index (χ1v) is 11.6. The highest BCUT2D eigenvalue weighted by atomic mass is 32.2. The fourth-order valence-corrected chi connectivity index (χ4v) is 4.99. The van der Waals surface area contributed by atoms with Crippen molar-refractivity contribution >= 4 is 23.5 Å². The molecule has 160 valence electrons. The van der Waals surface area contributed by atoms with Crippen molar-refractivity contribution < 1.29 is 9.53 Å². The predicted molar refractivity (Wildman–Crippen MR) is 119 cm³/mol. The molecule has 0 saturated carbocycles. The van der Waals surface area contributed by atoms with Crippen molar-refractivity contribution in [1.82, 2.24) is 15.3 Å². The number of carbonyl (C=O) groups is 1. The SMILES string of the molecule is Cc1ccc(C)c(Sc2cc(N3CCC(C(=O)NC[C@H]4CCCO4)CC3)ncn2)c1. The summed E-state index contributed by atoms with van der Waals surface area (Å²) in [7, 11) is 0. The van der Waals surface area contributed by atoms with E-state index < -0.39 is 0 Å². The van der Waals surface area contributed by atoms with Gasteiger partial charge in [0, 0.05) is 43.1 Å². The number of nitrogens with one attached hydrogen (secondary N) is 1. The molecule has 1 atom stereocenters. The van der Waals surface area contributed by atoms with Crippen molar-refractivity contribution in [3.63, 3.8) is 0 Å². The summed E-state index contributed by atoms with van der Waals surface area (Å²) in [5.41, 5.74) is 2.50. The first-order valence-electron chi connectivity index (χ1n) is 10.8. The van der Waals surface area contributed by atoms with E-state index in [9.17, 15) is 4.79 Å². The lowest BCUT2D eigenvalue weighted by atomic mass is 9.96. The first-order chi connectivity index (χ1) is 14.6. The summed E-state index contributed by atoms with van der Waals surface area (Å²) in [6.45, 7) is 7.37. The molecular formula is C23H30N4O2S. The number of aryl methyl sites for hydroxylation is 2. The number of piperidine rings is 1. The number of carbonyl (C=O) groups excluding carboxylic acids is 1. The van der Waals surface area contributed by atoms with Gasteiger partial charge in [-0.2, -0.15) is 0 Å². The van der Waals surface area contributed by atoms with E-state index in [1.54, 1.807) is 18.1 Å². The monoisotopic (exact) mass is 426 g/mol. The van der Waals surface area contributed by atoms with Gasteiger partial charge in [0.15, 0.2) is 0 Å². The van der Waals surface area contributed by atoms with E-state index >= 15 is 0 Å². The van der Waals surface area contributed by atoms with Crippen molar-refractivity contribution in [3.05, 3.63) is 41.7 Å². The number of hydrogen-bond donors (Lipinski definition) is 1. The predicted octanol–water partition coefficient (Wildman–Crippen LogP) is 3.76. The molecule has 0 aliphatic carbocycles. The molecule has 6 nitrogen and oxygen atoms in total. The molecule has 1 aromatic carbocycles. The van der Waals surface area contributed by atoms with Crippen LogP contribution in [0.25, 0.3) is 0 Å². The largest absolute Gasteiger partial charge is 0.376 e. The van der Waals surface area contributed by atoms with Gasteiger partial charge in [-0.1, -0.05) is 23.9 Å². The van der Waals surface area contributed by atoms with Crippen LogP contribution in [-0.2, 0) is 9.53 Å². The third-order valence-corrected chi connectivity index (χ3v) is 7.00. The van der Waals surface area contributed by atoms with Gasteiger partial charge in [0.1, 0.15) is 17.2 Å². The van der Waals surface area contributed by atoms with Crippen LogP contribution in [-0.4, -0.2) is 48.2 Å². The van der Waals surface area contributed by atoms with Gasteiger partial charge in [0.2, 0.25) is 5.91 Å². The Labute approximate surface area is 182 Å². The number of rotatable bonds is 6.